The van der Waals surface area contributed by atoms with Crippen molar-refractivity contribution in [1.82, 2.24) is 0 Å². The molecular weight excluding hydrogens is 195 g/mol. The van der Waals surface area contributed by atoms with Gasteiger partial charge in [0, 0.05) is 17.6 Å². The van der Waals surface area contributed by atoms with Gasteiger partial charge in [0.2, 0.25) is 0 Å². The molecule has 0 fully saturated rings. The van der Waals surface area contributed by atoms with Crippen molar-refractivity contribution in [3.63, 3.8) is 0 Å². The predicted octanol–water partition coefficient (Wildman–Crippen LogP) is -0.614. The van der Waals surface area contributed by atoms with Gasteiger partial charge in [0.25, 0.3) is 0 Å². The highest BCUT2D eigenvalue weighted by Gasteiger charge is 2.17. The van der Waals surface area contributed by atoms with E-state index in [1.165, 1.54) is 18.2 Å². The van der Waals surface area contributed by atoms with Crippen LogP contribution in [0.15, 0.2) is 18.2 Å². The van der Waals surface area contributed by atoms with E-state index in [0.29, 0.717) is 0 Å². The summed E-state index contributed by atoms with van der Waals surface area (Å²) in [6.45, 7) is 0.0480. The molecule has 0 aliphatic heterocycles. The smallest absolute Gasteiger partial charge is 0.423 e. The lowest BCUT2D eigenvalue weighted by molar-refractivity contribution is 0.422. The van der Waals surface area contributed by atoms with Crippen molar-refractivity contribution in [2.45, 2.75) is 6.54 Å². The first-order chi connectivity index (χ1) is 5.66. The second kappa shape index (κ2) is 5.19. The van der Waals surface area contributed by atoms with Gasteiger partial charge in [-0.25, -0.2) is 4.39 Å². The van der Waals surface area contributed by atoms with Gasteiger partial charge < -0.3 is 15.8 Å². The number of rotatable bonds is 2. The van der Waals surface area contributed by atoms with E-state index in [2.05, 4.69) is 0 Å². The number of hydrogen-bond donors (Lipinski definition) is 3. The summed E-state index contributed by atoms with van der Waals surface area (Å²) >= 11 is 0. The summed E-state index contributed by atoms with van der Waals surface area (Å²) < 4.78 is 13.1. The molecule has 0 radical (unpaired) electrons. The van der Waals surface area contributed by atoms with Gasteiger partial charge >= 0.3 is 7.12 Å². The molecule has 0 unspecified atom stereocenters. The van der Waals surface area contributed by atoms with Crippen LogP contribution in [0.25, 0.3) is 0 Å². The van der Waals surface area contributed by atoms with Crippen molar-refractivity contribution >= 4 is 25.0 Å². The average Bonchev–Trinajstić information content (AvgIpc) is 2.04. The summed E-state index contributed by atoms with van der Waals surface area (Å²) in [6.07, 6.45) is 0. The highest BCUT2D eigenvalue weighted by atomic mass is 35.5. The highest BCUT2D eigenvalue weighted by molar-refractivity contribution is 6.58. The zero-order chi connectivity index (χ0) is 9.14. The Bertz CT molecular complexity index is 285. The number of hydrogen-bond acceptors (Lipinski definition) is 3. The van der Waals surface area contributed by atoms with Crippen molar-refractivity contribution in [3.05, 3.63) is 29.6 Å². The van der Waals surface area contributed by atoms with E-state index in [4.69, 9.17) is 15.8 Å². The van der Waals surface area contributed by atoms with E-state index in [1.54, 1.807) is 0 Å². The maximum Gasteiger partial charge on any atom is 0.491 e. The van der Waals surface area contributed by atoms with Crippen molar-refractivity contribution in [2.24, 2.45) is 5.73 Å². The predicted molar refractivity (Wildman–Crippen MR) is 51.4 cm³/mol. The molecule has 1 aromatic rings. The minimum absolute atomic E-state index is 0. The van der Waals surface area contributed by atoms with Crippen LogP contribution in [-0.2, 0) is 6.54 Å². The Morgan fingerprint density at radius 1 is 1.38 bits per heavy atom. The maximum absolute atomic E-state index is 13.1. The van der Waals surface area contributed by atoms with Crippen LogP contribution in [0.4, 0.5) is 4.39 Å². The molecule has 1 aromatic carbocycles. The standard InChI is InChI=1S/C7H9BFNO2.ClH/c9-7-5(4-10)2-1-3-6(7)8(11)12;/h1-3,11-12H,4,10H2;1H. The Hall–Kier alpha value is -0.615. The molecule has 0 heterocycles. The molecule has 13 heavy (non-hydrogen) atoms. The van der Waals surface area contributed by atoms with E-state index in [0.717, 1.165) is 0 Å². The fraction of sp³-hybridized carbons (Fsp3) is 0.143. The average molecular weight is 205 g/mol. The summed E-state index contributed by atoms with van der Waals surface area (Å²) in [5.41, 5.74) is 5.35. The minimum Gasteiger partial charge on any atom is -0.423 e. The van der Waals surface area contributed by atoms with Gasteiger partial charge in [0.1, 0.15) is 5.82 Å². The van der Waals surface area contributed by atoms with Crippen LogP contribution in [0, 0.1) is 5.82 Å². The van der Waals surface area contributed by atoms with Crippen LogP contribution in [0.1, 0.15) is 5.56 Å². The molecule has 0 aliphatic rings. The zero-order valence-electron chi connectivity index (χ0n) is 6.77. The van der Waals surface area contributed by atoms with Crippen molar-refractivity contribution in [2.75, 3.05) is 0 Å². The number of halogens is 2. The highest BCUT2D eigenvalue weighted by Crippen LogP contribution is 2.03. The molecule has 0 saturated carbocycles. The number of nitrogens with two attached hydrogens (primary N) is 1. The maximum atomic E-state index is 13.1. The molecule has 3 nitrogen and oxygen atoms in total. The molecule has 0 saturated heterocycles. The van der Waals surface area contributed by atoms with E-state index in [9.17, 15) is 4.39 Å². The Kier molecular flexibility index (Phi) is 4.94. The van der Waals surface area contributed by atoms with Gasteiger partial charge in [-0.2, -0.15) is 0 Å². The van der Waals surface area contributed by atoms with Crippen LogP contribution in [-0.4, -0.2) is 17.2 Å². The minimum atomic E-state index is -1.78. The third-order valence-electron chi connectivity index (χ3n) is 1.61. The second-order valence-electron chi connectivity index (χ2n) is 2.40. The first kappa shape index (κ1) is 12.4. The summed E-state index contributed by atoms with van der Waals surface area (Å²) in [5, 5.41) is 17.4. The number of benzene rings is 1. The Morgan fingerprint density at radius 2 is 2.00 bits per heavy atom. The molecule has 0 atom stereocenters. The SMILES string of the molecule is Cl.NCc1cccc(B(O)O)c1F. The van der Waals surface area contributed by atoms with E-state index >= 15 is 0 Å². The monoisotopic (exact) mass is 205 g/mol. The van der Waals surface area contributed by atoms with Crippen molar-refractivity contribution in [1.29, 1.82) is 0 Å². The fourth-order valence-corrected chi connectivity index (χ4v) is 0.957. The molecule has 6 heteroatoms. The molecule has 0 spiro atoms. The molecule has 0 aliphatic carbocycles. The third kappa shape index (κ3) is 2.67. The lowest BCUT2D eigenvalue weighted by atomic mass is 9.79. The normalized spacial score (nSPS) is 9.23. The van der Waals surface area contributed by atoms with E-state index < -0.39 is 12.9 Å². The largest absolute Gasteiger partial charge is 0.491 e. The lowest BCUT2D eigenvalue weighted by Crippen LogP contribution is -2.33. The van der Waals surface area contributed by atoms with E-state index in [-0.39, 0.29) is 30.0 Å². The van der Waals surface area contributed by atoms with Crippen LogP contribution in [0.5, 0.6) is 0 Å². The first-order valence-electron chi connectivity index (χ1n) is 3.50. The van der Waals surface area contributed by atoms with Crippen LogP contribution in [0.3, 0.4) is 0 Å². The van der Waals surface area contributed by atoms with Crippen LogP contribution >= 0.6 is 12.4 Å². The van der Waals surface area contributed by atoms with Crippen LogP contribution in [0.2, 0.25) is 0 Å². The molecular formula is C7H10BClFNO2. The third-order valence-corrected chi connectivity index (χ3v) is 1.61. The Morgan fingerprint density at radius 3 is 2.46 bits per heavy atom. The van der Waals surface area contributed by atoms with Crippen molar-refractivity contribution in [3.8, 4) is 0 Å². The molecule has 1 rings (SSSR count). The zero-order valence-corrected chi connectivity index (χ0v) is 7.59. The van der Waals surface area contributed by atoms with Gasteiger partial charge in [-0.15, -0.1) is 12.4 Å². The second-order valence-corrected chi connectivity index (χ2v) is 2.40. The lowest BCUT2D eigenvalue weighted by Gasteiger charge is -2.04. The first-order valence-corrected chi connectivity index (χ1v) is 3.50. The van der Waals surface area contributed by atoms with Gasteiger partial charge in [-0.3, -0.25) is 0 Å². The van der Waals surface area contributed by atoms with Gasteiger partial charge in [0.05, 0.1) is 0 Å². The summed E-state index contributed by atoms with van der Waals surface area (Å²) in [5.74, 6) is -0.644. The fourth-order valence-electron chi connectivity index (χ4n) is 0.957. The topological polar surface area (TPSA) is 66.5 Å². The molecule has 0 bridgehead atoms. The Labute approximate surface area is 81.9 Å². The Balaban J connectivity index is 0.00000144. The molecule has 72 valence electrons. The summed E-state index contributed by atoms with van der Waals surface area (Å²) in [7, 11) is -1.78. The van der Waals surface area contributed by atoms with Crippen molar-refractivity contribution < 1.29 is 14.4 Å². The van der Waals surface area contributed by atoms with Gasteiger partial charge in [-0.1, -0.05) is 18.2 Å². The summed E-state index contributed by atoms with van der Waals surface area (Å²) in [6, 6.07) is 4.33. The van der Waals surface area contributed by atoms with Gasteiger partial charge in [0.15, 0.2) is 0 Å². The van der Waals surface area contributed by atoms with Gasteiger partial charge in [-0.05, 0) is 0 Å². The van der Waals surface area contributed by atoms with Crippen LogP contribution < -0.4 is 11.2 Å². The quantitative estimate of drug-likeness (QED) is 0.564. The molecule has 0 aromatic heterocycles. The van der Waals surface area contributed by atoms with E-state index in [1.807, 2.05) is 0 Å². The molecule has 0 amide bonds. The summed E-state index contributed by atoms with van der Waals surface area (Å²) in [4.78, 5) is 0. The molecule has 4 N–H and O–H groups in total.